The Hall–Kier alpha value is -0.870. The van der Waals surface area contributed by atoms with Crippen molar-refractivity contribution in [3.63, 3.8) is 0 Å². The lowest BCUT2D eigenvalue weighted by molar-refractivity contribution is -0.218. The van der Waals surface area contributed by atoms with Gasteiger partial charge in [0, 0.05) is 14.0 Å². The van der Waals surface area contributed by atoms with Gasteiger partial charge in [0.25, 0.3) is 0 Å². The van der Waals surface area contributed by atoms with E-state index in [9.17, 15) is 9.90 Å². The molecule has 4 nitrogen and oxygen atoms in total. The number of unbranched alkanes of at least 4 members (excludes halogenated alkanes) is 9. The van der Waals surface area contributed by atoms with Crippen LogP contribution in [-0.4, -0.2) is 30.1 Å². The van der Waals surface area contributed by atoms with Crippen LogP contribution < -0.4 is 0 Å². The van der Waals surface area contributed by atoms with Crippen LogP contribution in [0.5, 0.6) is 0 Å². The Morgan fingerprint density at radius 3 is 2.18 bits per heavy atom. The Morgan fingerprint density at radius 2 is 1.68 bits per heavy atom. The molecular weight excluding hydrogens is 280 g/mol. The number of rotatable bonds is 11. The zero-order chi connectivity index (χ0) is 16.4. The number of ether oxygens (including phenoxy) is 2. The first kappa shape index (κ1) is 19.2. The number of aliphatic hydroxyl groups is 1. The van der Waals surface area contributed by atoms with Crippen molar-refractivity contribution in [1.29, 1.82) is 0 Å². The molecule has 1 aliphatic rings. The highest BCUT2D eigenvalue weighted by molar-refractivity contribution is 5.92. The van der Waals surface area contributed by atoms with Crippen LogP contribution in [0, 0.1) is 0 Å². The van der Waals surface area contributed by atoms with Crippen molar-refractivity contribution < 1.29 is 19.4 Å². The van der Waals surface area contributed by atoms with Crippen LogP contribution in [0.1, 0.15) is 78.1 Å². The molecule has 1 saturated heterocycles. The lowest BCUT2D eigenvalue weighted by atomic mass is 10.0. The van der Waals surface area contributed by atoms with E-state index in [-0.39, 0.29) is 0 Å². The number of methoxy groups -OCH3 is 1. The maximum Gasteiger partial charge on any atom is 0.339 e. The summed E-state index contributed by atoms with van der Waals surface area (Å²) < 4.78 is 10.2. The number of carbonyl (C=O) groups excluding carboxylic acids is 1. The standard InChI is InChI=1S/C18H32O4/c1-4-5-6-7-8-9-10-11-12-13-14-15-16(19)18(2,21-3)22-17(15)20/h14,16,19H,4-13H2,1-3H3. The van der Waals surface area contributed by atoms with Gasteiger partial charge in [-0.2, -0.15) is 0 Å². The van der Waals surface area contributed by atoms with E-state index in [1.54, 1.807) is 13.0 Å². The van der Waals surface area contributed by atoms with Crippen molar-refractivity contribution in [2.24, 2.45) is 0 Å². The fraction of sp³-hybridized carbons (Fsp3) is 0.833. The van der Waals surface area contributed by atoms with Crippen molar-refractivity contribution in [2.75, 3.05) is 7.11 Å². The highest BCUT2D eigenvalue weighted by atomic mass is 16.7. The van der Waals surface area contributed by atoms with E-state index in [0.717, 1.165) is 12.8 Å². The van der Waals surface area contributed by atoms with E-state index in [1.807, 2.05) is 0 Å². The number of hydrogen-bond acceptors (Lipinski definition) is 4. The van der Waals surface area contributed by atoms with Crippen molar-refractivity contribution >= 4 is 5.97 Å². The zero-order valence-electron chi connectivity index (χ0n) is 14.4. The second kappa shape index (κ2) is 10.0. The molecule has 0 aliphatic carbocycles. The molecule has 0 aromatic heterocycles. The zero-order valence-corrected chi connectivity index (χ0v) is 14.4. The minimum Gasteiger partial charge on any atom is -0.427 e. The number of hydrogen-bond donors (Lipinski definition) is 1. The van der Waals surface area contributed by atoms with Gasteiger partial charge < -0.3 is 14.6 Å². The molecule has 2 unspecified atom stereocenters. The Bertz CT molecular complexity index is 364. The molecule has 1 N–H and O–H groups in total. The fourth-order valence-corrected chi connectivity index (χ4v) is 2.75. The number of carbonyl (C=O) groups is 1. The Kier molecular flexibility index (Phi) is 8.72. The van der Waals surface area contributed by atoms with E-state index in [4.69, 9.17) is 9.47 Å². The van der Waals surface area contributed by atoms with Gasteiger partial charge in [-0.15, -0.1) is 0 Å². The first-order valence-corrected chi connectivity index (χ1v) is 8.71. The van der Waals surface area contributed by atoms with Crippen LogP contribution >= 0.6 is 0 Å². The maximum absolute atomic E-state index is 11.7. The van der Waals surface area contributed by atoms with Crippen LogP contribution in [0.3, 0.4) is 0 Å². The van der Waals surface area contributed by atoms with Gasteiger partial charge in [-0.05, 0) is 12.8 Å². The van der Waals surface area contributed by atoms with Crippen LogP contribution in [0.4, 0.5) is 0 Å². The normalized spacial score (nSPS) is 26.6. The summed E-state index contributed by atoms with van der Waals surface area (Å²) in [4.78, 5) is 11.7. The first-order chi connectivity index (χ1) is 10.5. The minimum absolute atomic E-state index is 0.337. The minimum atomic E-state index is -1.23. The Labute approximate surface area is 134 Å². The third-order valence-electron chi connectivity index (χ3n) is 4.40. The third-order valence-corrected chi connectivity index (χ3v) is 4.40. The highest BCUT2D eigenvalue weighted by Crippen LogP contribution is 2.32. The summed E-state index contributed by atoms with van der Waals surface area (Å²) in [7, 11) is 1.43. The summed E-state index contributed by atoms with van der Waals surface area (Å²) in [6.45, 7) is 3.82. The predicted molar refractivity (Wildman–Crippen MR) is 87.4 cm³/mol. The monoisotopic (exact) mass is 312 g/mol. The van der Waals surface area contributed by atoms with E-state index in [2.05, 4.69) is 6.92 Å². The molecule has 0 bridgehead atoms. The van der Waals surface area contributed by atoms with Crippen LogP contribution in [0.2, 0.25) is 0 Å². The van der Waals surface area contributed by atoms with E-state index < -0.39 is 17.9 Å². The van der Waals surface area contributed by atoms with Gasteiger partial charge in [0.05, 0.1) is 5.57 Å². The molecule has 1 fully saturated rings. The van der Waals surface area contributed by atoms with Crippen molar-refractivity contribution in [2.45, 2.75) is 89.9 Å². The summed E-state index contributed by atoms with van der Waals surface area (Å²) in [6.07, 6.45) is 13.1. The average molecular weight is 312 g/mol. The van der Waals surface area contributed by atoms with Gasteiger partial charge in [0.15, 0.2) is 6.10 Å². The summed E-state index contributed by atoms with van der Waals surface area (Å²) in [6, 6.07) is 0. The molecule has 4 heteroatoms. The number of aliphatic hydroxyl groups excluding tert-OH is 1. The average Bonchev–Trinajstić information content (AvgIpc) is 2.72. The number of esters is 1. The fourth-order valence-electron chi connectivity index (χ4n) is 2.75. The van der Waals surface area contributed by atoms with Crippen LogP contribution in [0.25, 0.3) is 0 Å². The molecule has 1 heterocycles. The van der Waals surface area contributed by atoms with E-state index >= 15 is 0 Å². The quantitative estimate of drug-likeness (QED) is 0.354. The van der Waals surface area contributed by atoms with Gasteiger partial charge in [-0.25, -0.2) is 4.79 Å². The molecule has 0 aromatic carbocycles. The van der Waals surface area contributed by atoms with E-state index in [0.29, 0.717) is 5.57 Å². The van der Waals surface area contributed by atoms with Gasteiger partial charge in [-0.3, -0.25) is 0 Å². The Balaban J connectivity index is 2.14. The molecule has 1 rings (SSSR count). The topological polar surface area (TPSA) is 55.8 Å². The molecule has 1 aliphatic heterocycles. The van der Waals surface area contributed by atoms with Crippen LogP contribution in [0.15, 0.2) is 11.6 Å². The second-order valence-corrected chi connectivity index (χ2v) is 6.29. The largest absolute Gasteiger partial charge is 0.427 e. The summed E-state index contributed by atoms with van der Waals surface area (Å²) >= 11 is 0. The molecule has 0 amide bonds. The maximum atomic E-state index is 11.7. The summed E-state index contributed by atoms with van der Waals surface area (Å²) in [5.41, 5.74) is 0.337. The van der Waals surface area contributed by atoms with Gasteiger partial charge in [0.2, 0.25) is 5.79 Å². The van der Waals surface area contributed by atoms with Gasteiger partial charge >= 0.3 is 5.97 Å². The van der Waals surface area contributed by atoms with Crippen molar-refractivity contribution in [3.8, 4) is 0 Å². The third kappa shape index (κ3) is 5.73. The summed E-state index contributed by atoms with van der Waals surface area (Å²) in [5, 5.41) is 10.1. The number of cyclic esters (lactones) is 1. The summed E-state index contributed by atoms with van der Waals surface area (Å²) in [5.74, 6) is -1.70. The first-order valence-electron chi connectivity index (χ1n) is 8.71. The number of allylic oxidation sites excluding steroid dienone is 1. The molecule has 0 spiro atoms. The molecule has 22 heavy (non-hydrogen) atoms. The van der Waals surface area contributed by atoms with E-state index in [1.165, 1.54) is 58.5 Å². The van der Waals surface area contributed by atoms with Gasteiger partial charge in [-0.1, -0.05) is 64.4 Å². The molecule has 0 radical (unpaired) electrons. The molecule has 128 valence electrons. The predicted octanol–water partition coefficient (Wildman–Crippen LogP) is 4.11. The molecular formula is C18H32O4. The molecule has 0 aromatic rings. The van der Waals surface area contributed by atoms with Crippen LogP contribution in [-0.2, 0) is 14.3 Å². The van der Waals surface area contributed by atoms with Crippen molar-refractivity contribution in [3.05, 3.63) is 11.6 Å². The Morgan fingerprint density at radius 1 is 1.14 bits per heavy atom. The van der Waals surface area contributed by atoms with Crippen molar-refractivity contribution in [1.82, 2.24) is 0 Å². The second-order valence-electron chi connectivity index (χ2n) is 6.29. The smallest absolute Gasteiger partial charge is 0.339 e. The SMILES string of the molecule is CCCCCCCCCCCC=C1C(=O)OC(C)(OC)C1O. The highest BCUT2D eigenvalue weighted by Gasteiger charge is 2.48. The molecule has 0 saturated carbocycles. The lowest BCUT2D eigenvalue weighted by Crippen LogP contribution is -2.38. The molecule has 2 atom stereocenters. The van der Waals surface area contributed by atoms with Gasteiger partial charge in [0.1, 0.15) is 0 Å². The lowest BCUT2D eigenvalue weighted by Gasteiger charge is -2.23.